The van der Waals surface area contributed by atoms with Gasteiger partial charge in [0.2, 0.25) is 10.0 Å². The van der Waals surface area contributed by atoms with Gasteiger partial charge in [-0.05, 0) is 61.2 Å². The van der Waals surface area contributed by atoms with Gasteiger partial charge in [0.15, 0.2) is 0 Å². The molecule has 1 atom stereocenters. The van der Waals surface area contributed by atoms with Crippen LogP contribution in [-0.2, 0) is 22.6 Å². The number of aromatic nitrogens is 1. The van der Waals surface area contributed by atoms with Gasteiger partial charge in [-0.3, -0.25) is 4.98 Å². The van der Waals surface area contributed by atoms with Crippen LogP contribution in [0.15, 0.2) is 65.8 Å². The van der Waals surface area contributed by atoms with Crippen molar-refractivity contribution in [1.29, 1.82) is 0 Å². The molecule has 0 saturated carbocycles. The minimum atomic E-state index is -4.34. The van der Waals surface area contributed by atoms with Crippen molar-refractivity contribution >= 4 is 20.8 Å². The Kier molecular flexibility index (Phi) is 6.74. The summed E-state index contributed by atoms with van der Waals surface area (Å²) in [6, 6.07) is 11.3. The number of alkyl halides is 3. The van der Waals surface area contributed by atoms with Crippen LogP contribution in [0.4, 0.5) is 13.2 Å². The van der Waals surface area contributed by atoms with E-state index < -0.39 is 21.8 Å². The van der Waals surface area contributed by atoms with Crippen molar-refractivity contribution in [2.24, 2.45) is 0 Å². The summed E-state index contributed by atoms with van der Waals surface area (Å²) in [5, 5.41) is 4.77. The number of halogens is 3. The molecule has 1 heterocycles. The lowest BCUT2D eigenvalue weighted by Gasteiger charge is -2.15. The molecule has 3 rings (SSSR count). The molecule has 2 N–H and O–H groups in total. The number of pyridine rings is 1. The SMILES string of the molecule is CC(CNCCc1ccc(C(F)(F)F)cc1)NS(=O)(=O)c1ccc2cnccc2c1. The predicted octanol–water partition coefficient (Wildman–Crippen LogP) is 3.75. The van der Waals surface area contributed by atoms with Crippen LogP contribution in [0.3, 0.4) is 0 Å². The molecule has 0 bridgehead atoms. The number of benzene rings is 2. The number of fused-ring (bicyclic) bond motifs is 1. The van der Waals surface area contributed by atoms with Gasteiger partial charge in [0.25, 0.3) is 0 Å². The van der Waals surface area contributed by atoms with Gasteiger partial charge in [0.1, 0.15) is 0 Å². The van der Waals surface area contributed by atoms with Crippen molar-refractivity contribution in [3.05, 3.63) is 72.1 Å². The number of nitrogens with one attached hydrogen (secondary N) is 2. The molecule has 0 spiro atoms. The number of hydrogen-bond donors (Lipinski definition) is 2. The lowest BCUT2D eigenvalue weighted by molar-refractivity contribution is -0.137. The van der Waals surface area contributed by atoms with Gasteiger partial charge in [-0.15, -0.1) is 0 Å². The zero-order valence-electron chi connectivity index (χ0n) is 16.3. The standard InChI is InChI=1S/C21H22F3N3O2S/c1-15(13-25-10-8-16-2-5-19(6-3-16)21(22,23)24)27-30(28,29)20-7-4-18-14-26-11-9-17(18)12-20/h2-7,9,11-12,14-15,25,27H,8,10,13H2,1H3. The van der Waals surface area contributed by atoms with E-state index in [1.807, 2.05) is 0 Å². The highest BCUT2D eigenvalue weighted by Crippen LogP contribution is 2.29. The maximum absolute atomic E-state index is 12.6. The maximum Gasteiger partial charge on any atom is 0.416 e. The molecule has 0 radical (unpaired) electrons. The lowest BCUT2D eigenvalue weighted by Crippen LogP contribution is -2.40. The van der Waals surface area contributed by atoms with Crippen molar-refractivity contribution in [2.75, 3.05) is 13.1 Å². The Bertz CT molecular complexity index is 1100. The summed E-state index contributed by atoms with van der Waals surface area (Å²) in [5.74, 6) is 0. The zero-order valence-corrected chi connectivity index (χ0v) is 17.1. The third-order valence-electron chi connectivity index (χ3n) is 4.60. The molecule has 0 aliphatic carbocycles. The highest BCUT2D eigenvalue weighted by Gasteiger charge is 2.29. The maximum atomic E-state index is 12.6. The van der Waals surface area contributed by atoms with E-state index in [1.165, 1.54) is 18.2 Å². The lowest BCUT2D eigenvalue weighted by atomic mass is 10.1. The normalized spacial score (nSPS) is 13.5. The first-order valence-electron chi connectivity index (χ1n) is 9.38. The Morgan fingerprint density at radius 1 is 1.03 bits per heavy atom. The summed E-state index contributed by atoms with van der Waals surface area (Å²) in [6.45, 7) is 2.64. The van der Waals surface area contributed by atoms with Gasteiger partial charge >= 0.3 is 6.18 Å². The Morgan fingerprint density at radius 2 is 1.77 bits per heavy atom. The number of rotatable bonds is 8. The largest absolute Gasteiger partial charge is 0.416 e. The van der Waals surface area contributed by atoms with Crippen LogP contribution in [0.1, 0.15) is 18.1 Å². The van der Waals surface area contributed by atoms with E-state index >= 15 is 0 Å². The molecule has 0 fully saturated rings. The number of sulfonamides is 1. The molecular formula is C21H22F3N3O2S. The first-order chi connectivity index (χ1) is 14.1. The van der Waals surface area contributed by atoms with Gasteiger partial charge < -0.3 is 5.32 Å². The summed E-state index contributed by atoms with van der Waals surface area (Å²) < 4.78 is 65.6. The molecule has 0 aliphatic rings. The van der Waals surface area contributed by atoms with E-state index in [-0.39, 0.29) is 10.9 Å². The fourth-order valence-electron chi connectivity index (χ4n) is 3.01. The fourth-order valence-corrected chi connectivity index (χ4v) is 4.29. The topological polar surface area (TPSA) is 71.1 Å². The highest BCUT2D eigenvalue weighted by molar-refractivity contribution is 7.89. The summed E-state index contributed by atoms with van der Waals surface area (Å²) in [7, 11) is -3.68. The Hall–Kier alpha value is -2.49. The average Bonchev–Trinajstić information content (AvgIpc) is 2.70. The van der Waals surface area contributed by atoms with Crippen LogP contribution in [-0.4, -0.2) is 32.5 Å². The van der Waals surface area contributed by atoms with Gasteiger partial charge in [-0.2, -0.15) is 13.2 Å². The molecule has 9 heteroatoms. The molecule has 5 nitrogen and oxygen atoms in total. The van der Waals surface area contributed by atoms with Crippen LogP contribution in [0.25, 0.3) is 10.8 Å². The van der Waals surface area contributed by atoms with Crippen molar-refractivity contribution in [3.8, 4) is 0 Å². The molecule has 160 valence electrons. The average molecular weight is 437 g/mol. The van der Waals surface area contributed by atoms with Gasteiger partial charge in [0, 0.05) is 30.4 Å². The highest BCUT2D eigenvalue weighted by atomic mass is 32.2. The molecule has 3 aromatic rings. The van der Waals surface area contributed by atoms with Crippen LogP contribution < -0.4 is 10.0 Å². The molecule has 30 heavy (non-hydrogen) atoms. The van der Waals surface area contributed by atoms with Crippen molar-refractivity contribution in [3.63, 3.8) is 0 Å². The molecular weight excluding hydrogens is 415 g/mol. The van der Waals surface area contributed by atoms with E-state index in [0.29, 0.717) is 19.5 Å². The van der Waals surface area contributed by atoms with Crippen molar-refractivity contribution in [2.45, 2.75) is 30.5 Å². The first-order valence-corrected chi connectivity index (χ1v) is 10.9. The van der Waals surface area contributed by atoms with E-state index in [0.717, 1.165) is 28.5 Å². The zero-order chi connectivity index (χ0) is 21.8. The smallest absolute Gasteiger partial charge is 0.315 e. The van der Waals surface area contributed by atoms with Crippen LogP contribution in [0, 0.1) is 0 Å². The fraction of sp³-hybridized carbons (Fsp3) is 0.286. The Balaban J connectivity index is 1.49. The van der Waals surface area contributed by atoms with Crippen molar-refractivity contribution in [1.82, 2.24) is 15.0 Å². The minimum absolute atomic E-state index is 0.179. The van der Waals surface area contributed by atoms with E-state index in [2.05, 4.69) is 15.0 Å². The molecule has 0 amide bonds. The summed E-state index contributed by atoms with van der Waals surface area (Å²) >= 11 is 0. The first kappa shape index (κ1) is 22.2. The molecule has 1 aromatic heterocycles. The number of hydrogen-bond acceptors (Lipinski definition) is 4. The second kappa shape index (κ2) is 9.11. The van der Waals surface area contributed by atoms with Crippen LogP contribution >= 0.6 is 0 Å². The van der Waals surface area contributed by atoms with Gasteiger partial charge in [-0.25, -0.2) is 13.1 Å². The summed E-state index contributed by atoms with van der Waals surface area (Å²) in [5.41, 5.74) is 0.0987. The Labute approximate surface area is 173 Å². The van der Waals surface area contributed by atoms with Gasteiger partial charge in [0.05, 0.1) is 10.5 Å². The van der Waals surface area contributed by atoms with Crippen molar-refractivity contribution < 1.29 is 21.6 Å². The summed E-state index contributed by atoms with van der Waals surface area (Å²) in [6.07, 6.45) is -0.528. The predicted molar refractivity (Wildman–Crippen MR) is 110 cm³/mol. The monoisotopic (exact) mass is 437 g/mol. The third kappa shape index (κ3) is 5.78. The third-order valence-corrected chi connectivity index (χ3v) is 6.19. The molecule has 2 aromatic carbocycles. The second-order valence-electron chi connectivity index (χ2n) is 7.06. The minimum Gasteiger partial charge on any atom is -0.315 e. The van der Waals surface area contributed by atoms with Crippen LogP contribution in [0.5, 0.6) is 0 Å². The molecule has 0 saturated heterocycles. The van der Waals surface area contributed by atoms with E-state index in [1.54, 1.807) is 37.5 Å². The number of nitrogens with zero attached hydrogens (tertiary/aromatic N) is 1. The van der Waals surface area contributed by atoms with E-state index in [9.17, 15) is 21.6 Å². The second-order valence-corrected chi connectivity index (χ2v) is 8.77. The Morgan fingerprint density at radius 3 is 2.47 bits per heavy atom. The molecule has 1 unspecified atom stereocenters. The van der Waals surface area contributed by atoms with E-state index in [4.69, 9.17) is 0 Å². The molecule has 0 aliphatic heterocycles. The van der Waals surface area contributed by atoms with Gasteiger partial charge in [-0.1, -0.05) is 18.2 Å². The summed E-state index contributed by atoms with van der Waals surface area (Å²) in [4.78, 5) is 4.19. The quantitative estimate of drug-likeness (QED) is 0.527. The van der Waals surface area contributed by atoms with Crippen LogP contribution in [0.2, 0.25) is 0 Å².